The second-order valence-electron chi connectivity index (χ2n) is 5.94. The van der Waals surface area contributed by atoms with Gasteiger partial charge >= 0.3 is 0 Å². The Kier molecular flexibility index (Phi) is 5.07. The number of aromatic nitrogens is 3. The van der Waals surface area contributed by atoms with Crippen LogP contribution in [0.1, 0.15) is 42.0 Å². The largest absolute Gasteiger partial charge is 0.368 e. The SMILES string of the molecule is CNC(=O)c1ccc(NCCc2nc(C(C)(C)C)cs2)nn1. The highest BCUT2D eigenvalue weighted by molar-refractivity contribution is 7.09. The van der Waals surface area contributed by atoms with Crippen molar-refractivity contribution in [3.63, 3.8) is 0 Å². The van der Waals surface area contributed by atoms with Crippen molar-refractivity contribution in [2.24, 2.45) is 0 Å². The summed E-state index contributed by atoms with van der Waals surface area (Å²) in [6.45, 7) is 7.21. The summed E-state index contributed by atoms with van der Waals surface area (Å²) in [6.07, 6.45) is 0.833. The first-order valence-electron chi connectivity index (χ1n) is 7.14. The molecule has 0 saturated heterocycles. The van der Waals surface area contributed by atoms with Gasteiger partial charge in [-0.1, -0.05) is 20.8 Å². The number of nitrogens with one attached hydrogen (secondary N) is 2. The zero-order valence-electron chi connectivity index (χ0n) is 13.3. The monoisotopic (exact) mass is 319 g/mol. The summed E-state index contributed by atoms with van der Waals surface area (Å²) in [6, 6.07) is 3.40. The van der Waals surface area contributed by atoms with Crippen LogP contribution in [0.25, 0.3) is 0 Å². The lowest BCUT2D eigenvalue weighted by Gasteiger charge is -2.14. The van der Waals surface area contributed by atoms with Crippen molar-refractivity contribution in [2.75, 3.05) is 18.9 Å². The Morgan fingerprint density at radius 1 is 1.27 bits per heavy atom. The average Bonchev–Trinajstić information content (AvgIpc) is 2.96. The van der Waals surface area contributed by atoms with Gasteiger partial charge < -0.3 is 10.6 Å². The van der Waals surface area contributed by atoms with Gasteiger partial charge in [-0.3, -0.25) is 4.79 Å². The Morgan fingerprint density at radius 2 is 2.05 bits per heavy atom. The van der Waals surface area contributed by atoms with E-state index in [4.69, 9.17) is 0 Å². The number of hydrogen-bond donors (Lipinski definition) is 2. The molecular formula is C15H21N5OS. The smallest absolute Gasteiger partial charge is 0.271 e. The van der Waals surface area contributed by atoms with Crippen molar-refractivity contribution in [1.29, 1.82) is 0 Å². The lowest BCUT2D eigenvalue weighted by molar-refractivity contribution is 0.0957. The van der Waals surface area contributed by atoms with Crippen LogP contribution in [0.5, 0.6) is 0 Å². The van der Waals surface area contributed by atoms with Gasteiger partial charge in [0.1, 0.15) is 5.82 Å². The minimum atomic E-state index is -0.239. The summed E-state index contributed by atoms with van der Waals surface area (Å²) in [4.78, 5) is 16.0. The normalized spacial score (nSPS) is 11.3. The van der Waals surface area contributed by atoms with Gasteiger partial charge in [-0.05, 0) is 12.1 Å². The maximum Gasteiger partial charge on any atom is 0.271 e. The molecule has 22 heavy (non-hydrogen) atoms. The van der Waals surface area contributed by atoms with E-state index in [2.05, 4.69) is 52.0 Å². The van der Waals surface area contributed by atoms with Crippen LogP contribution in [0.15, 0.2) is 17.5 Å². The van der Waals surface area contributed by atoms with Gasteiger partial charge in [-0.15, -0.1) is 21.5 Å². The van der Waals surface area contributed by atoms with Crippen molar-refractivity contribution >= 4 is 23.1 Å². The predicted molar refractivity (Wildman–Crippen MR) is 88.4 cm³/mol. The topological polar surface area (TPSA) is 79.8 Å². The molecule has 7 heteroatoms. The first-order chi connectivity index (χ1) is 10.4. The highest BCUT2D eigenvalue weighted by Crippen LogP contribution is 2.24. The molecule has 0 aliphatic carbocycles. The molecule has 0 bridgehead atoms. The number of hydrogen-bond acceptors (Lipinski definition) is 6. The zero-order chi connectivity index (χ0) is 16.2. The maximum atomic E-state index is 11.4. The summed E-state index contributed by atoms with van der Waals surface area (Å²) in [5, 5.41) is 16.8. The summed E-state index contributed by atoms with van der Waals surface area (Å²) in [5.41, 5.74) is 1.52. The van der Waals surface area contributed by atoms with Crippen molar-refractivity contribution in [1.82, 2.24) is 20.5 Å². The van der Waals surface area contributed by atoms with E-state index in [1.807, 2.05) is 0 Å². The van der Waals surface area contributed by atoms with Crippen molar-refractivity contribution in [3.05, 3.63) is 33.9 Å². The molecule has 0 aromatic carbocycles. The molecule has 0 spiro atoms. The Hall–Kier alpha value is -2.02. The second kappa shape index (κ2) is 6.83. The van der Waals surface area contributed by atoms with E-state index in [0.717, 1.165) is 23.7 Å². The van der Waals surface area contributed by atoms with E-state index in [9.17, 15) is 4.79 Å². The van der Waals surface area contributed by atoms with Gasteiger partial charge in [-0.2, -0.15) is 0 Å². The van der Waals surface area contributed by atoms with Gasteiger partial charge in [0.25, 0.3) is 5.91 Å². The van der Waals surface area contributed by atoms with Crippen LogP contribution in [-0.4, -0.2) is 34.7 Å². The number of thiazole rings is 1. The van der Waals surface area contributed by atoms with Crippen molar-refractivity contribution in [2.45, 2.75) is 32.6 Å². The van der Waals surface area contributed by atoms with Crippen LogP contribution in [0, 0.1) is 0 Å². The molecule has 2 N–H and O–H groups in total. The standard InChI is InChI=1S/C15H21N5OS/c1-15(2,3)11-9-22-13(18-11)7-8-17-12-6-5-10(19-20-12)14(21)16-4/h5-6,9H,7-8H2,1-4H3,(H,16,21)(H,17,20). The lowest BCUT2D eigenvalue weighted by Crippen LogP contribution is -2.20. The lowest BCUT2D eigenvalue weighted by atomic mass is 9.93. The molecule has 2 aromatic rings. The average molecular weight is 319 g/mol. The summed E-state index contributed by atoms with van der Waals surface area (Å²) in [7, 11) is 1.57. The molecule has 0 radical (unpaired) electrons. The number of carbonyl (C=O) groups excluding carboxylic acids is 1. The van der Waals surface area contributed by atoms with E-state index in [1.54, 1.807) is 30.5 Å². The fourth-order valence-corrected chi connectivity index (χ4v) is 2.77. The quantitative estimate of drug-likeness (QED) is 0.883. The summed E-state index contributed by atoms with van der Waals surface area (Å²) in [5.74, 6) is 0.414. The van der Waals surface area contributed by atoms with E-state index >= 15 is 0 Å². The molecule has 0 aliphatic heterocycles. The third-order valence-corrected chi connectivity index (χ3v) is 4.00. The number of amides is 1. The summed E-state index contributed by atoms with van der Waals surface area (Å²) < 4.78 is 0. The first-order valence-corrected chi connectivity index (χ1v) is 8.02. The fourth-order valence-electron chi connectivity index (χ4n) is 1.74. The van der Waals surface area contributed by atoms with Crippen LogP contribution in [0.4, 0.5) is 5.82 Å². The summed E-state index contributed by atoms with van der Waals surface area (Å²) >= 11 is 1.68. The van der Waals surface area contributed by atoms with Gasteiger partial charge in [0.05, 0.1) is 10.7 Å². The Bertz CT molecular complexity index is 630. The highest BCUT2D eigenvalue weighted by Gasteiger charge is 2.17. The van der Waals surface area contributed by atoms with Crippen molar-refractivity contribution in [3.8, 4) is 0 Å². The molecule has 0 aliphatic rings. The number of carbonyl (C=O) groups is 1. The molecule has 0 atom stereocenters. The minimum absolute atomic E-state index is 0.0866. The van der Waals surface area contributed by atoms with E-state index in [1.165, 1.54) is 0 Å². The number of anilines is 1. The third kappa shape index (κ3) is 4.24. The van der Waals surface area contributed by atoms with Gasteiger partial charge in [0.15, 0.2) is 5.69 Å². The van der Waals surface area contributed by atoms with Gasteiger partial charge in [0.2, 0.25) is 0 Å². The fraction of sp³-hybridized carbons (Fsp3) is 0.467. The molecule has 118 valence electrons. The number of rotatable bonds is 5. The van der Waals surface area contributed by atoms with E-state index < -0.39 is 0 Å². The van der Waals surface area contributed by atoms with Crippen molar-refractivity contribution < 1.29 is 4.79 Å². The van der Waals surface area contributed by atoms with Crippen LogP contribution < -0.4 is 10.6 Å². The molecular weight excluding hydrogens is 298 g/mol. The van der Waals surface area contributed by atoms with Gasteiger partial charge in [-0.25, -0.2) is 4.98 Å². The minimum Gasteiger partial charge on any atom is -0.368 e. The molecule has 6 nitrogen and oxygen atoms in total. The Balaban J connectivity index is 1.86. The predicted octanol–water partition coefficient (Wildman–Crippen LogP) is 2.24. The molecule has 2 aromatic heterocycles. The molecule has 0 unspecified atom stereocenters. The molecule has 1 amide bonds. The maximum absolute atomic E-state index is 11.4. The molecule has 0 fully saturated rings. The molecule has 2 heterocycles. The van der Waals surface area contributed by atoms with E-state index in [-0.39, 0.29) is 11.3 Å². The molecule has 2 rings (SSSR count). The third-order valence-electron chi connectivity index (χ3n) is 3.09. The van der Waals surface area contributed by atoms with Crippen LogP contribution in [0.3, 0.4) is 0 Å². The van der Waals surface area contributed by atoms with Gasteiger partial charge in [0, 0.05) is 30.8 Å². The second-order valence-corrected chi connectivity index (χ2v) is 6.88. The van der Waals surface area contributed by atoms with E-state index in [0.29, 0.717) is 11.5 Å². The van der Waals surface area contributed by atoms with Crippen LogP contribution in [0.2, 0.25) is 0 Å². The zero-order valence-corrected chi connectivity index (χ0v) is 14.1. The van der Waals surface area contributed by atoms with Crippen LogP contribution in [-0.2, 0) is 11.8 Å². The Labute approximate surface area is 134 Å². The Morgan fingerprint density at radius 3 is 2.59 bits per heavy atom. The highest BCUT2D eigenvalue weighted by atomic mass is 32.1. The number of nitrogens with zero attached hydrogens (tertiary/aromatic N) is 3. The first kappa shape index (κ1) is 16.4. The molecule has 0 saturated carbocycles. The van der Waals surface area contributed by atoms with Crippen LogP contribution >= 0.6 is 11.3 Å².